The van der Waals surface area contributed by atoms with Crippen LogP contribution in [0.1, 0.15) is 74.2 Å². The third kappa shape index (κ3) is 10.6. The summed E-state index contributed by atoms with van der Waals surface area (Å²) in [6.45, 7) is 4.91. The van der Waals surface area contributed by atoms with Crippen LogP contribution in [0.5, 0.6) is 5.75 Å². The number of anilines is 1. The number of benzene rings is 3. The Morgan fingerprint density at radius 1 is 0.820 bits per heavy atom. The lowest BCUT2D eigenvalue weighted by molar-refractivity contribution is -0.137. The number of unbranched alkanes of at least 4 members (excludes halogenated alkanes) is 4. The van der Waals surface area contributed by atoms with Crippen LogP contribution in [-0.4, -0.2) is 65.1 Å². The SMILES string of the molecule is CCCCCCCOc1ccc(-c2cnc(-c3ccc(C[C@H](NC(=O)c4ccc(N5CCCC5)cc4)C(=O)NCCC(=O)O)cc3)nc2)cc1. The van der Waals surface area contributed by atoms with Gasteiger partial charge in [0.1, 0.15) is 11.8 Å². The van der Waals surface area contributed by atoms with Gasteiger partial charge in [-0.3, -0.25) is 14.4 Å². The zero-order valence-electron chi connectivity index (χ0n) is 28.8. The fraction of sp³-hybridized carbons (Fsp3) is 0.375. The highest BCUT2D eigenvalue weighted by Gasteiger charge is 2.23. The molecule has 1 aliphatic rings. The molecule has 1 aliphatic heterocycles. The van der Waals surface area contributed by atoms with Gasteiger partial charge >= 0.3 is 5.97 Å². The number of amides is 2. The van der Waals surface area contributed by atoms with Gasteiger partial charge in [0.15, 0.2) is 5.82 Å². The van der Waals surface area contributed by atoms with E-state index in [0.29, 0.717) is 11.4 Å². The average molecular weight is 678 g/mol. The summed E-state index contributed by atoms with van der Waals surface area (Å²) in [6.07, 6.45) is 11.9. The lowest BCUT2D eigenvalue weighted by Crippen LogP contribution is -2.48. The minimum absolute atomic E-state index is 0.0333. The molecule has 3 N–H and O–H groups in total. The summed E-state index contributed by atoms with van der Waals surface area (Å²) in [4.78, 5) is 48.8. The van der Waals surface area contributed by atoms with Gasteiger partial charge in [-0.25, -0.2) is 9.97 Å². The van der Waals surface area contributed by atoms with Crippen molar-refractivity contribution in [3.63, 3.8) is 0 Å². The van der Waals surface area contributed by atoms with E-state index in [1.807, 2.05) is 60.7 Å². The van der Waals surface area contributed by atoms with Gasteiger partial charge in [0, 0.05) is 60.8 Å². The van der Waals surface area contributed by atoms with Crippen LogP contribution in [0.25, 0.3) is 22.5 Å². The molecule has 2 heterocycles. The maximum absolute atomic E-state index is 13.2. The standard InChI is InChI=1S/C40H47N5O5/c1-2-3-4-5-8-25-50-35-19-15-30(16-20-35)33-27-42-38(43-28-33)31-11-9-29(10-12-31)26-36(40(49)41-22-21-37(46)47)44-39(48)32-13-17-34(18-14-32)45-23-6-7-24-45/h9-20,27-28,36H,2-8,21-26H2,1H3,(H,41,49)(H,44,48)(H,46,47)/t36-/m0/s1. The molecule has 0 radical (unpaired) electrons. The fourth-order valence-corrected chi connectivity index (χ4v) is 5.96. The molecule has 0 spiro atoms. The lowest BCUT2D eigenvalue weighted by Gasteiger charge is -2.20. The molecule has 1 fully saturated rings. The number of hydrogen-bond acceptors (Lipinski definition) is 7. The van der Waals surface area contributed by atoms with Crippen molar-refractivity contribution in [3.8, 4) is 28.3 Å². The van der Waals surface area contributed by atoms with Gasteiger partial charge in [-0.15, -0.1) is 0 Å². The Morgan fingerprint density at radius 3 is 2.14 bits per heavy atom. The van der Waals surface area contributed by atoms with Crippen LogP contribution >= 0.6 is 0 Å². The highest BCUT2D eigenvalue weighted by molar-refractivity contribution is 5.98. The number of ether oxygens (including phenoxy) is 1. The molecule has 5 rings (SSSR count). The predicted octanol–water partition coefficient (Wildman–Crippen LogP) is 6.69. The quantitative estimate of drug-likeness (QED) is 0.0993. The van der Waals surface area contributed by atoms with Gasteiger partial charge < -0.3 is 25.4 Å². The maximum Gasteiger partial charge on any atom is 0.305 e. The van der Waals surface area contributed by atoms with Crippen LogP contribution < -0.4 is 20.3 Å². The summed E-state index contributed by atoms with van der Waals surface area (Å²) in [6, 6.07) is 22.0. The Balaban J connectivity index is 1.19. The van der Waals surface area contributed by atoms with Crippen molar-refractivity contribution in [2.24, 2.45) is 0 Å². The van der Waals surface area contributed by atoms with Gasteiger partial charge in [-0.1, -0.05) is 69.0 Å². The normalized spacial score (nSPS) is 13.1. The maximum atomic E-state index is 13.2. The molecule has 1 aromatic heterocycles. The summed E-state index contributed by atoms with van der Waals surface area (Å²) in [5.74, 6) is -0.411. The molecule has 50 heavy (non-hydrogen) atoms. The number of aromatic nitrogens is 2. The molecule has 3 aromatic carbocycles. The average Bonchev–Trinajstić information content (AvgIpc) is 3.69. The van der Waals surface area contributed by atoms with Crippen molar-refractivity contribution in [1.82, 2.24) is 20.6 Å². The number of hydrogen-bond donors (Lipinski definition) is 3. The Hall–Kier alpha value is -5.25. The number of carbonyl (C=O) groups excluding carboxylic acids is 2. The number of carboxylic acids is 1. The monoisotopic (exact) mass is 677 g/mol. The van der Waals surface area contributed by atoms with E-state index in [1.54, 1.807) is 24.5 Å². The largest absolute Gasteiger partial charge is 0.494 e. The molecule has 0 saturated carbocycles. The lowest BCUT2D eigenvalue weighted by atomic mass is 10.0. The van der Waals surface area contributed by atoms with E-state index in [-0.39, 0.29) is 25.3 Å². The first-order valence-corrected chi connectivity index (χ1v) is 17.7. The summed E-state index contributed by atoms with van der Waals surface area (Å²) in [5.41, 5.74) is 5.05. The van der Waals surface area contributed by atoms with E-state index in [0.717, 1.165) is 72.6 Å². The molecular weight excluding hydrogens is 630 g/mol. The van der Waals surface area contributed by atoms with E-state index in [2.05, 4.69) is 32.4 Å². The Bertz CT molecular complexity index is 1670. The molecule has 0 unspecified atom stereocenters. The van der Waals surface area contributed by atoms with Crippen LogP contribution in [0.2, 0.25) is 0 Å². The molecule has 0 bridgehead atoms. The first kappa shape index (κ1) is 36.0. The van der Waals surface area contributed by atoms with Crippen molar-refractivity contribution in [2.45, 2.75) is 70.8 Å². The Morgan fingerprint density at radius 2 is 1.48 bits per heavy atom. The number of rotatable bonds is 18. The number of aliphatic carboxylic acids is 1. The Kier molecular flexibility index (Phi) is 13.3. The number of nitrogens with one attached hydrogen (secondary N) is 2. The number of carbonyl (C=O) groups is 3. The van der Waals surface area contributed by atoms with E-state index >= 15 is 0 Å². The molecule has 4 aromatic rings. The van der Waals surface area contributed by atoms with Crippen LogP contribution in [-0.2, 0) is 16.0 Å². The molecule has 1 atom stereocenters. The number of nitrogens with zero attached hydrogens (tertiary/aromatic N) is 3. The minimum atomic E-state index is -1.01. The van der Waals surface area contributed by atoms with Crippen molar-refractivity contribution < 1.29 is 24.2 Å². The minimum Gasteiger partial charge on any atom is -0.494 e. The van der Waals surface area contributed by atoms with Crippen molar-refractivity contribution in [2.75, 3.05) is 31.1 Å². The van der Waals surface area contributed by atoms with Gasteiger partial charge in [-0.05, 0) is 66.8 Å². The van der Waals surface area contributed by atoms with Crippen LogP contribution in [0, 0.1) is 0 Å². The topological polar surface area (TPSA) is 134 Å². The van der Waals surface area contributed by atoms with E-state index < -0.39 is 17.9 Å². The zero-order chi connectivity index (χ0) is 35.1. The van der Waals surface area contributed by atoms with Crippen LogP contribution in [0.3, 0.4) is 0 Å². The molecule has 0 aliphatic carbocycles. The molecular formula is C40H47N5O5. The smallest absolute Gasteiger partial charge is 0.305 e. The van der Waals surface area contributed by atoms with Crippen LogP contribution in [0.15, 0.2) is 85.2 Å². The van der Waals surface area contributed by atoms with Crippen molar-refractivity contribution in [3.05, 3.63) is 96.3 Å². The predicted molar refractivity (Wildman–Crippen MR) is 195 cm³/mol. The molecule has 10 nitrogen and oxygen atoms in total. The highest BCUT2D eigenvalue weighted by Crippen LogP contribution is 2.24. The number of carboxylic acid groups (broad SMARTS) is 1. The molecule has 262 valence electrons. The highest BCUT2D eigenvalue weighted by atomic mass is 16.5. The van der Waals surface area contributed by atoms with Crippen LogP contribution in [0.4, 0.5) is 5.69 Å². The van der Waals surface area contributed by atoms with Gasteiger partial charge in [0.25, 0.3) is 5.91 Å². The summed E-state index contributed by atoms with van der Waals surface area (Å²) in [5, 5.41) is 14.5. The van der Waals surface area contributed by atoms with Crippen molar-refractivity contribution in [1.29, 1.82) is 0 Å². The summed E-state index contributed by atoms with van der Waals surface area (Å²) < 4.78 is 5.89. The fourth-order valence-electron chi connectivity index (χ4n) is 5.96. The summed E-state index contributed by atoms with van der Waals surface area (Å²) in [7, 11) is 0. The second-order valence-corrected chi connectivity index (χ2v) is 12.7. The molecule has 10 heteroatoms. The zero-order valence-corrected chi connectivity index (χ0v) is 28.8. The van der Waals surface area contributed by atoms with E-state index in [1.165, 1.54) is 25.7 Å². The molecule has 2 amide bonds. The second kappa shape index (κ2) is 18.5. The summed E-state index contributed by atoms with van der Waals surface area (Å²) >= 11 is 0. The third-order valence-corrected chi connectivity index (χ3v) is 8.87. The van der Waals surface area contributed by atoms with Gasteiger partial charge in [0.2, 0.25) is 5.91 Å². The van der Waals surface area contributed by atoms with E-state index in [9.17, 15) is 14.4 Å². The molecule has 1 saturated heterocycles. The first-order valence-electron chi connectivity index (χ1n) is 17.7. The van der Waals surface area contributed by atoms with E-state index in [4.69, 9.17) is 9.84 Å². The third-order valence-electron chi connectivity index (χ3n) is 8.87. The second-order valence-electron chi connectivity index (χ2n) is 12.7. The van der Waals surface area contributed by atoms with Gasteiger partial charge in [-0.2, -0.15) is 0 Å². The van der Waals surface area contributed by atoms with Crippen molar-refractivity contribution >= 4 is 23.5 Å². The Labute approximate surface area is 294 Å². The first-order chi connectivity index (χ1) is 24.4. The van der Waals surface area contributed by atoms with Gasteiger partial charge in [0.05, 0.1) is 13.0 Å².